The number of rotatable bonds is 40. The summed E-state index contributed by atoms with van der Waals surface area (Å²) in [4.78, 5) is 12.5. The minimum Gasteiger partial charge on any atom is -0.391 e. The van der Waals surface area contributed by atoms with Crippen molar-refractivity contribution in [3.63, 3.8) is 0 Å². The Morgan fingerprint density at radius 1 is 0.469 bits per heavy atom. The zero-order valence-electron chi connectivity index (χ0n) is 32.8. The molecular formula is C42H85NO5S. The van der Waals surface area contributed by atoms with E-state index in [4.69, 9.17) is 0 Å². The predicted octanol–water partition coefficient (Wildman–Crippen LogP) is 12.8. The highest BCUT2D eigenvalue weighted by Crippen LogP contribution is 2.17. The molecule has 0 aromatic rings. The number of nitrogens with one attached hydrogen (secondary N) is 1. The average Bonchev–Trinajstić information content (AvgIpc) is 3.06. The lowest BCUT2D eigenvalue weighted by Gasteiger charge is -2.23. The van der Waals surface area contributed by atoms with Crippen LogP contribution in [0.15, 0.2) is 0 Å². The molecule has 2 atom stereocenters. The predicted molar refractivity (Wildman–Crippen MR) is 212 cm³/mol. The Balaban J connectivity index is 3.78. The molecule has 0 fully saturated rings. The third kappa shape index (κ3) is 38.4. The number of aliphatic hydroxyl groups is 1. The van der Waals surface area contributed by atoms with Gasteiger partial charge in [0.25, 0.3) is 10.1 Å². The lowest BCUT2D eigenvalue weighted by atomic mass is 10.0. The summed E-state index contributed by atoms with van der Waals surface area (Å²) in [5.74, 6) is -0.881. The Kier molecular flexibility index (Phi) is 36.6. The van der Waals surface area contributed by atoms with Gasteiger partial charge in [0.05, 0.1) is 17.9 Å². The minimum atomic E-state index is -4.30. The van der Waals surface area contributed by atoms with E-state index >= 15 is 0 Å². The quantitative estimate of drug-likeness (QED) is 0.0433. The number of aliphatic hydroxyl groups excluding tert-OH is 1. The molecule has 2 unspecified atom stereocenters. The molecule has 1 amide bonds. The van der Waals surface area contributed by atoms with Crippen LogP contribution in [-0.2, 0) is 14.9 Å². The average molecular weight is 716 g/mol. The van der Waals surface area contributed by atoms with Crippen molar-refractivity contribution in [1.29, 1.82) is 0 Å². The van der Waals surface area contributed by atoms with E-state index in [1.807, 2.05) is 0 Å². The van der Waals surface area contributed by atoms with Crippen LogP contribution in [0.25, 0.3) is 0 Å². The van der Waals surface area contributed by atoms with Gasteiger partial charge in [0.15, 0.2) is 0 Å². The molecule has 294 valence electrons. The van der Waals surface area contributed by atoms with Gasteiger partial charge in [0.2, 0.25) is 5.91 Å². The van der Waals surface area contributed by atoms with Crippen LogP contribution in [0.3, 0.4) is 0 Å². The minimum absolute atomic E-state index is 0.240. The van der Waals surface area contributed by atoms with Crippen molar-refractivity contribution in [2.24, 2.45) is 0 Å². The molecule has 0 aliphatic heterocycles. The normalized spacial score (nSPS) is 13.1. The maximum Gasteiger partial charge on any atom is 0.266 e. The number of unbranched alkanes of at least 4 members (excludes halogenated alkanes) is 32. The summed E-state index contributed by atoms with van der Waals surface area (Å²) < 4.78 is 32.6. The van der Waals surface area contributed by atoms with Gasteiger partial charge < -0.3 is 10.4 Å². The fourth-order valence-corrected chi connectivity index (χ4v) is 7.80. The third-order valence-corrected chi connectivity index (χ3v) is 11.1. The number of amides is 1. The first-order valence-corrected chi connectivity index (χ1v) is 23.3. The maximum atomic E-state index is 12.5. The number of hydrogen-bond donors (Lipinski definition) is 3. The molecule has 0 radical (unpaired) electrons. The van der Waals surface area contributed by atoms with Crippen molar-refractivity contribution in [3.8, 4) is 0 Å². The van der Waals surface area contributed by atoms with E-state index in [9.17, 15) is 22.9 Å². The van der Waals surface area contributed by atoms with Gasteiger partial charge in [-0.2, -0.15) is 8.42 Å². The smallest absolute Gasteiger partial charge is 0.266 e. The Morgan fingerprint density at radius 3 is 1.02 bits per heavy atom. The molecule has 0 spiro atoms. The molecule has 49 heavy (non-hydrogen) atoms. The summed E-state index contributed by atoms with van der Waals surface area (Å²) in [6, 6.07) is -0.963. The summed E-state index contributed by atoms with van der Waals surface area (Å²) in [5.41, 5.74) is 0. The van der Waals surface area contributed by atoms with E-state index in [0.29, 0.717) is 12.8 Å². The Labute approximate surface area is 306 Å². The SMILES string of the molecule is CCCCCCCCCCCCCCCCCCCCCC(=O)NC(CS(=O)(=O)O)C(O)CCCCCCCCCCCCCCCCC. The summed E-state index contributed by atoms with van der Waals surface area (Å²) >= 11 is 0. The van der Waals surface area contributed by atoms with Crippen LogP contribution in [0.4, 0.5) is 0 Å². The highest BCUT2D eigenvalue weighted by molar-refractivity contribution is 7.85. The van der Waals surface area contributed by atoms with E-state index < -0.39 is 28.0 Å². The van der Waals surface area contributed by atoms with Crippen LogP contribution < -0.4 is 5.32 Å². The van der Waals surface area contributed by atoms with Gasteiger partial charge in [-0.05, 0) is 12.8 Å². The van der Waals surface area contributed by atoms with Crippen molar-refractivity contribution in [2.45, 2.75) is 257 Å². The first kappa shape index (κ1) is 48.3. The Morgan fingerprint density at radius 2 is 0.735 bits per heavy atom. The molecule has 0 aliphatic carbocycles. The standard InChI is InChI=1S/C42H85NO5S/c1-3-5-7-9-11-13-15-17-19-20-21-22-24-26-28-30-32-34-36-38-42(45)43-40(39-49(46,47)48)41(44)37-35-33-31-29-27-25-23-18-16-14-12-10-8-6-4-2/h40-41,44H,3-39H2,1-2H3,(H,43,45)(H,46,47,48). The number of carbonyl (C=O) groups excluding carboxylic acids is 1. The second-order valence-electron chi connectivity index (χ2n) is 15.3. The molecule has 0 aromatic carbocycles. The number of carbonyl (C=O) groups is 1. The zero-order valence-corrected chi connectivity index (χ0v) is 33.7. The molecule has 6 nitrogen and oxygen atoms in total. The van der Waals surface area contributed by atoms with Gasteiger partial charge in [-0.1, -0.05) is 226 Å². The molecule has 0 rings (SSSR count). The van der Waals surface area contributed by atoms with Crippen LogP contribution in [0.2, 0.25) is 0 Å². The second kappa shape index (κ2) is 37.1. The van der Waals surface area contributed by atoms with Crippen LogP contribution in [0, 0.1) is 0 Å². The van der Waals surface area contributed by atoms with Gasteiger partial charge in [-0.15, -0.1) is 0 Å². The van der Waals surface area contributed by atoms with Crippen LogP contribution >= 0.6 is 0 Å². The largest absolute Gasteiger partial charge is 0.391 e. The monoisotopic (exact) mass is 716 g/mol. The van der Waals surface area contributed by atoms with Crippen molar-refractivity contribution < 1.29 is 22.9 Å². The summed E-state index contributed by atoms with van der Waals surface area (Å²) in [6.45, 7) is 4.54. The molecule has 0 saturated carbocycles. The highest BCUT2D eigenvalue weighted by Gasteiger charge is 2.26. The van der Waals surface area contributed by atoms with Gasteiger partial charge in [-0.3, -0.25) is 9.35 Å². The molecule has 0 bridgehead atoms. The van der Waals surface area contributed by atoms with Crippen molar-refractivity contribution in [1.82, 2.24) is 5.32 Å². The van der Waals surface area contributed by atoms with Gasteiger partial charge in [-0.25, -0.2) is 0 Å². The summed E-state index contributed by atoms with van der Waals surface area (Å²) in [6.07, 6.45) is 43.4. The number of hydrogen-bond acceptors (Lipinski definition) is 4. The van der Waals surface area contributed by atoms with Gasteiger partial charge in [0.1, 0.15) is 0 Å². The molecule has 0 saturated heterocycles. The highest BCUT2D eigenvalue weighted by atomic mass is 32.2. The molecule has 7 heteroatoms. The molecular weight excluding hydrogens is 631 g/mol. The van der Waals surface area contributed by atoms with Crippen LogP contribution in [-0.4, -0.2) is 41.9 Å². The molecule has 0 aromatic heterocycles. The third-order valence-electron chi connectivity index (χ3n) is 10.3. The fourth-order valence-electron chi connectivity index (χ4n) is 7.04. The lowest BCUT2D eigenvalue weighted by molar-refractivity contribution is -0.122. The topological polar surface area (TPSA) is 104 Å². The maximum absolute atomic E-state index is 12.5. The van der Waals surface area contributed by atoms with Crippen LogP contribution in [0.5, 0.6) is 0 Å². The van der Waals surface area contributed by atoms with E-state index in [0.717, 1.165) is 38.5 Å². The summed E-state index contributed by atoms with van der Waals surface area (Å²) in [7, 11) is -4.30. The summed E-state index contributed by atoms with van der Waals surface area (Å²) in [5, 5.41) is 13.4. The van der Waals surface area contributed by atoms with Crippen molar-refractivity contribution >= 4 is 16.0 Å². The Hall–Kier alpha value is -0.660. The molecule has 0 aliphatic rings. The Bertz CT molecular complexity index is 790. The van der Waals surface area contributed by atoms with Crippen molar-refractivity contribution in [3.05, 3.63) is 0 Å². The lowest BCUT2D eigenvalue weighted by Crippen LogP contribution is -2.47. The van der Waals surface area contributed by atoms with E-state index in [1.54, 1.807) is 0 Å². The van der Waals surface area contributed by atoms with Crippen LogP contribution in [0.1, 0.15) is 245 Å². The molecule has 0 heterocycles. The van der Waals surface area contributed by atoms with Gasteiger partial charge in [0, 0.05) is 6.42 Å². The van der Waals surface area contributed by atoms with E-state index in [1.165, 1.54) is 180 Å². The fraction of sp³-hybridized carbons (Fsp3) is 0.976. The van der Waals surface area contributed by atoms with E-state index in [-0.39, 0.29) is 5.91 Å². The zero-order chi connectivity index (χ0) is 36.1. The first-order chi connectivity index (χ1) is 23.8. The first-order valence-electron chi connectivity index (χ1n) is 21.7. The molecule has 3 N–H and O–H groups in total. The van der Waals surface area contributed by atoms with Crippen molar-refractivity contribution in [2.75, 3.05) is 5.75 Å². The van der Waals surface area contributed by atoms with E-state index in [2.05, 4.69) is 19.2 Å². The second-order valence-corrected chi connectivity index (χ2v) is 16.8. The van der Waals surface area contributed by atoms with Gasteiger partial charge >= 0.3 is 0 Å².